The molecule has 16 heteroatoms. The van der Waals surface area contributed by atoms with Crippen LogP contribution in [0.3, 0.4) is 0 Å². The Bertz CT molecular complexity index is 603. The molecule has 2 aromatic heterocycles. The third-order valence-electron chi connectivity index (χ3n) is 1.37. The summed E-state index contributed by atoms with van der Waals surface area (Å²) in [5.74, 6) is 0. The van der Waals surface area contributed by atoms with Gasteiger partial charge in [-0.3, -0.25) is 20.6 Å². The topological polar surface area (TPSA) is 241 Å². The van der Waals surface area contributed by atoms with Crippen molar-refractivity contribution in [1.82, 2.24) is 0 Å². The normalized spacial score (nSPS) is 11.0. The molecule has 0 aliphatic rings. The second kappa shape index (κ2) is 8.64. The number of phosphoric acid groups is 2. The molecule has 2 heterocycles. The lowest BCUT2D eigenvalue weighted by Crippen LogP contribution is -2.01. The molecule has 0 saturated heterocycles. The van der Waals surface area contributed by atoms with Crippen LogP contribution in [0.1, 0.15) is 0 Å². The van der Waals surface area contributed by atoms with Gasteiger partial charge in [-0.25, -0.2) is 9.97 Å². The molecule has 2 rings (SSSR count). The van der Waals surface area contributed by atoms with Crippen molar-refractivity contribution in [2.75, 3.05) is 11.5 Å². The van der Waals surface area contributed by atoms with Gasteiger partial charge in [-0.1, -0.05) is 0 Å². The molecule has 0 radical (unpaired) electrons. The summed E-state index contributed by atoms with van der Waals surface area (Å²) < 4.78 is 17.5. The van der Waals surface area contributed by atoms with Crippen molar-refractivity contribution in [3.05, 3.63) is 12.4 Å². The molecular weight excluding hydrogens is 382 g/mol. The maximum atomic E-state index is 8.77. The van der Waals surface area contributed by atoms with Crippen LogP contribution in [0.5, 0.6) is 0 Å². The van der Waals surface area contributed by atoms with Crippen molar-refractivity contribution < 1.29 is 48.5 Å². The summed E-state index contributed by atoms with van der Waals surface area (Å²) in [6.07, 6.45) is 3.75. The van der Waals surface area contributed by atoms with Crippen LogP contribution < -0.4 is 31.2 Å². The van der Waals surface area contributed by atoms with E-state index in [0.717, 1.165) is 9.75 Å². The lowest BCUT2D eigenvalue weighted by Gasteiger charge is -2.01. The van der Waals surface area contributed by atoms with E-state index in [4.69, 9.17) is 50.0 Å². The molecule has 0 aliphatic carbocycles. The summed E-state index contributed by atoms with van der Waals surface area (Å²) in [6, 6.07) is 0. The van der Waals surface area contributed by atoms with E-state index in [1.54, 1.807) is 0 Å². The largest absolute Gasteiger partial charge is 0.756 e. The molecule has 22 heavy (non-hydrogen) atoms. The second-order valence-corrected chi connectivity index (χ2v) is 7.35. The standard InChI is InChI=1S/C6H6N4S2.2H3O4P/c7-5-9-1-3(11-5)4-2-10-6(8)12-4;2*1-5(2,3)4/h1-2H,(H2,7,9)(H2,8,10);2*(H3,1,2,3,4). The van der Waals surface area contributed by atoms with Gasteiger partial charge in [0.15, 0.2) is 0 Å². The zero-order chi connectivity index (χ0) is 17.6. The fourth-order valence-corrected chi connectivity index (χ4v) is 2.39. The first-order valence-electron chi connectivity index (χ1n) is 4.83. The molecule has 0 amide bonds. The Morgan fingerprint density at radius 3 is 1.23 bits per heavy atom. The van der Waals surface area contributed by atoms with E-state index in [0.29, 0.717) is 10.3 Å². The maximum absolute atomic E-state index is 8.77. The molecular formula is C6H12N4O8P2S2. The Morgan fingerprint density at radius 1 is 0.864 bits per heavy atom. The van der Waals surface area contributed by atoms with Crippen LogP contribution in [0, 0.1) is 0 Å². The van der Waals surface area contributed by atoms with Crippen molar-refractivity contribution in [3.8, 4) is 9.75 Å². The number of hydrogen-bond acceptors (Lipinski definition) is 8. The molecule has 126 valence electrons. The molecule has 0 aromatic carbocycles. The molecule has 0 atom stereocenters. The van der Waals surface area contributed by atoms with Crippen LogP contribution in [0.15, 0.2) is 12.4 Å². The average Bonchev–Trinajstić information content (AvgIpc) is 2.81. The fourth-order valence-electron chi connectivity index (χ4n) is 0.871. The van der Waals surface area contributed by atoms with E-state index in [9.17, 15) is 0 Å². The number of nitrogens with two attached hydrogens (primary N) is 2. The number of hydrogen-bond donors (Lipinski definition) is 6. The van der Waals surface area contributed by atoms with Crippen LogP contribution in [-0.4, -0.2) is 19.6 Å². The molecule has 0 fully saturated rings. The number of thiazole rings is 2. The highest BCUT2D eigenvalue weighted by molar-refractivity contribution is 7.43. The first kappa shape index (κ1) is 21.1. The monoisotopic (exact) mass is 394 g/mol. The first-order valence-corrected chi connectivity index (χ1v) is 9.52. The van der Waals surface area contributed by atoms with Crippen molar-refractivity contribution >= 4 is 48.6 Å². The Kier molecular flexibility index (Phi) is 8.28. The number of rotatable bonds is 1. The molecule has 0 aliphatic heterocycles. The van der Waals surface area contributed by atoms with Gasteiger partial charge in [-0.05, 0) is 22.7 Å². The van der Waals surface area contributed by atoms with Gasteiger partial charge in [0.25, 0.3) is 15.6 Å². The number of H-pyrrole nitrogens is 2. The minimum Gasteiger partial charge on any atom is -0.756 e. The molecule has 0 spiro atoms. The average molecular weight is 394 g/mol. The molecule has 10 N–H and O–H groups in total. The number of aromatic nitrogens is 2. The summed E-state index contributed by atoms with van der Waals surface area (Å²) in [5, 5.41) is 1.41. The van der Waals surface area contributed by atoms with Crippen LogP contribution in [0.25, 0.3) is 9.75 Å². The molecule has 0 bridgehead atoms. The van der Waals surface area contributed by atoms with Gasteiger partial charge in [-0.2, -0.15) is 0 Å². The predicted molar refractivity (Wildman–Crippen MR) is 73.7 cm³/mol. The van der Waals surface area contributed by atoms with Gasteiger partial charge in [0.05, 0.1) is 9.75 Å². The van der Waals surface area contributed by atoms with E-state index < -0.39 is 15.6 Å². The summed E-state index contributed by atoms with van der Waals surface area (Å²) >= 11 is 3.02. The molecule has 2 aromatic rings. The lowest BCUT2D eigenvalue weighted by atomic mass is 10.5. The van der Waals surface area contributed by atoms with Gasteiger partial charge in [0, 0.05) is 0 Å². The summed E-state index contributed by atoms with van der Waals surface area (Å²) in [4.78, 5) is 53.9. The van der Waals surface area contributed by atoms with E-state index in [2.05, 4.69) is 9.97 Å². The van der Waals surface area contributed by atoms with E-state index in [-0.39, 0.29) is 0 Å². The number of anilines is 2. The van der Waals surface area contributed by atoms with Gasteiger partial charge in [0.2, 0.25) is 0 Å². The molecule has 0 saturated carbocycles. The highest BCUT2D eigenvalue weighted by Crippen LogP contribution is 2.29. The summed E-state index contributed by atoms with van der Waals surface area (Å²) in [5.41, 5.74) is 11.1. The quantitative estimate of drug-likeness (QED) is 0.270. The zero-order valence-electron chi connectivity index (χ0n) is 10.4. The van der Waals surface area contributed by atoms with Gasteiger partial charge < -0.3 is 29.4 Å². The first-order chi connectivity index (χ1) is 9.75. The van der Waals surface area contributed by atoms with Crippen LogP contribution in [0.2, 0.25) is 0 Å². The minimum absolute atomic E-state index is 0.706. The van der Waals surface area contributed by atoms with E-state index in [1.807, 2.05) is 12.4 Å². The molecule has 0 unspecified atom stereocenters. The Labute approximate surface area is 131 Å². The van der Waals surface area contributed by atoms with Crippen molar-refractivity contribution in [2.45, 2.75) is 0 Å². The van der Waals surface area contributed by atoms with Crippen LogP contribution in [-0.2, 0) is 9.13 Å². The fraction of sp³-hybridized carbons (Fsp3) is 0. The van der Waals surface area contributed by atoms with Crippen molar-refractivity contribution in [3.63, 3.8) is 0 Å². The third-order valence-corrected chi connectivity index (χ3v) is 3.29. The van der Waals surface area contributed by atoms with Crippen LogP contribution >= 0.6 is 38.3 Å². The van der Waals surface area contributed by atoms with E-state index >= 15 is 0 Å². The summed E-state index contributed by atoms with van der Waals surface area (Å²) in [7, 11) is -9.78. The number of aromatic amines is 2. The second-order valence-electron chi connectivity index (χ2n) is 3.22. The maximum Gasteiger partial charge on any atom is 0.330 e. The van der Waals surface area contributed by atoms with Crippen LogP contribution in [0.4, 0.5) is 10.3 Å². The van der Waals surface area contributed by atoms with Crippen molar-refractivity contribution in [2.24, 2.45) is 0 Å². The Hall–Kier alpha value is -0.920. The third kappa shape index (κ3) is 14.0. The zero-order valence-corrected chi connectivity index (χ0v) is 13.9. The van der Waals surface area contributed by atoms with Gasteiger partial charge in [0.1, 0.15) is 12.4 Å². The Morgan fingerprint density at radius 2 is 1.09 bits per heavy atom. The van der Waals surface area contributed by atoms with Crippen molar-refractivity contribution in [1.29, 1.82) is 0 Å². The SMILES string of the molecule is Nc1[nH+]cc(-c2c[nH+]c(N)s2)s1.O=P([O-])(O)O.O=P([O-])(O)O. The smallest absolute Gasteiger partial charge is 0.330 e. The number of nitrogens with one attached hydrogen (secondary N) is 2. The Balaban J connectivity index is 0.000000372. The highest BCUT2D eigenvalue weighted by Gasteiger charge is 2.10. The summed E-state index contributed by atoms with van der Waals surface area (Å²) in [6.45, 7) is 0. The lowest BCUT2D eigenvalue weighted by molar-refractivity contribution is -0.355. The van der Waals surface area contributed by atoms with E-state index in [1.165, 1.54) is 22.7 Å². The van der Waals surface area contributed by atoms with Gasteiger partial charge in [-0.15, -0.1) is 0 Å². The van der Waals surface area contributed by atoms with Gasteiger partial charge >= 0.3 is 10.3 Å². The highest BCUT2D eigenvalue weighted by atomic mass is 32.1. The predicted octanol–water partition coefficient (Wildman–Crippen LogP) is -2.85. The molecule has 12 nitrogen and oxygen atoms in total. The minimum atomic E-state index is -4.89. The number of nitrogen functional groups attached to an aromatic ring is 2.